The Bertz CT molecular complexity index is 3630. The molecule has 74 heavy (non-hydrogen) atoms. The summed E-state index contributed by atoms with van der Waals surface area (Å²) < 4.78 is 60.5. The van der Waals surface area contributed by atoms with Crippen LogP contribution in [0.25, 0.3) is 87.8 Å². The van der Waals surface area contributed by atoms with Gasteiger partial charge in [0.05, 0.1) is 38.6 Å². The molecule has 0 unspecified atom stereocenters. The largest absolute Gasteiger partial charge is 1.00 e. The molecule has 6 aromatic carbocycles. The van der Waals surface area contributed by atoms with Gasteiger partial charge in [-0.2, -0.15) is 0 Å². The number of halogens is 1. The van der Waals surface area contributed by atoms with Crippen LogP contribution in [0.15, 0.2) is 127 Å². The van der Waals surface area contributed by atoms with Crippen molar-refractivity contribution < 1.29 is 165 Å². The fraction of sp³-hybridized carbons (Fsp3) is 0.327. The Hall–Kier alpha value is -2.53. The molecule has 3 aliphatic heterocycles. The molecule has 10 aromatic rings. The monoisotopic (exact) mass is 1070 g/mol. The van der Waals surface area contributed by atoms with Crippen molar-refractivity contribution in [3.8, 4) is 0 Å². The molecule has 0 saturated carbocycles. The molecule has 7 heterocycles. The summed E-state index contributed by atoms with van der Waals surface area (Å²) in [6.45, 7) is 24.3. The molecule has 0 spiro atoms. The Morgan fingerprint density at radius 3 is 1.20 bits per heavy atom. The second-order valence-electron chi connectivity index (χ2n) is 21.5. The molecule has 13 nitrogen and oxygen atoms in total. The average molecular weight is 1070 g/mol. The van der Waals surface area contributed by atoms with Gasteiger partial charge in [-0.1, -0.05) is 78.3 Å². The molecule has 3 aliphatic rings. The molecular weight excluding hydrogens is 1010 g/mol. The zero-order valence-corrected chi connectivity index (χ0v) is 51.4. The van der Waals surface area contributed by atoms with Gasteiger partial charge in [0, 0.05) is 60.7 Å². The van der Waals surface area contributed by atoms with E-state index in [4.69, 9.17) is 67.2 Å². The van der Waals surface area contributed by atoms with Crippen molar-refractivity contribution in [2.24, 2.45) is 0 Å². The molecule has 13 rings (SSSR count). The van der Waals surface area contributed by atoms with E-state index in [0.29, 0.717) is 5.02 Å². The predicted octanol–water partition coefficient (Wildman–Crippen LogP) is 6.73. The van der Waals surface area contributed by atoms with Crippen LogP contribution in [0.2, 0.25) is 5.02 Å². The van der Waals surface area contributed by atoms with E-state index in [1.54, 1.807) is 0 Å². The van der Waals surface area contributed by atoms with Crippen molar-refractivity contribution in [1.29, 1.82) is 0 Å². The van der Waals surface area contributed by atoms with E-state index >= 15 is 0 Å². The van der Waals surface area contributed by atoms with Crippen LogP contribution in [-0.4, -0.2) is 61.2 Å². The number of para-hydroxylation sites is 4. The fourth-order valence-corrected chi connectivity index (χ4v) is 9.39. The third-order valence-corrected chi connectivity index (χ3v) is 15.6. The van der Waals surface area contributed by atoms with E-state index in [-0.39, 0.29) is 133 Å². The van der Waals surface area contributed by atoms with E-state index in [1.165, 1.54) is 0 Å². The first-order valence-electron chi connectivity index (χ1n) is 23.9. The van der Waals surface area contributed by atoms with Crippen molar-refractivity contribution in [1.82, 2.24) is 0 Å². The molecule has 0 radical (unpaired) electrons. The molecule has 19 heteroatoms. The third-order valence-electron chi connectivity index (χ3n) is 15.3. The maximum absolute atomic E-state index is 8.64. The van der Waals surface area contributed by atoms with Gasteiger partial charge in [0.25, 0.3) is 6.47 Å². The zero-order valence-electron chi connectivity index (χ0n) is 45.4. The third kappa shape index (κ3) is 10.3. The molecule has 0 atom stereocenters. The van der Waals surface area contributed by atoms with Crippen molar-refractivity contribution in [2.75, 3.05) is 0 Å². The molecule has 0 amide bonds. The van der Waals surface area contributed by atoms with E-state index in [1.807, 2.05) is 134 Å². The summed E-state index contributed by atoms with van der Waals surface area (Å²) in [5.41, 5.74) is 5.25. The second kappa shape index (κ2) is 21.3. The summed E-state index contributed by atoms with van der Waals surface area (Å²) in [5, 5.41) is 17.7. The van der Waals surface area contributed by atoms with Gasteiger partial charge in [0.1, 0.15) is 39.1 Å². The van der Waals surface area contributed by atoms with Crippen LogP contribution in [0, 0.1) is 0 Å². The Balaban J connectivity index is 0.000000160. The Kier molecular flexibility index (Phi) is 16.6. The molecule has 4 aromatic heterocycles. The van der Waals surface area contributed by atoms with Crippen LogP contribution in [0.4, 0.5) is 0 Å². The summed E-state index contributed by atoms with van der Waals surface area (Å²) in [7, 11) is -1.42. The number of carbonyl (C=O) groups is 1. The number of benzene rings is 6. The first-order chi connectivity index (χ1) is 33.9. The van der Waals surface area contributed by atoms with Crippen molar-refractivity contribution in [2.45, 2.75) is 117 Å². The minimum atomic E-state index is -0.476. The average Bonchev–Trinajstić information content (AvgIpc) is 4.17. The van der Waals surface area contributed by atoms with Crippen LogP contribution in [0.3, 0.4) is 0 Å². The smallest absolute Gasteiger partial charge is 1.00 e. The van der Waals surface area contributed by atoms with Crippen LogP contribution in [0.5, 0.6) is 0 Å². The second-order valence-corrected chi connectivity index (χ2v) is 21.9. The van der Waals surface area contributed by atoms with Gasteiger partial charge in [-0.3, -0.25) is 4.79 Å². The normalized spacial score (nSPS) is 18.8. The van der Waals surface area contributed by atoms with Gasteiger partial charge in [0.15, 0.2) is 5.58 Å². The Morgan fingerprint density at radius 2 is 0.770 bits per heavy atom. The standard InChI is InChI=1S/C24H21BO4.C18H9ClO2.C12H24B2O4.CH2O3.2K.H/c1-23(2)24(3,4)29-25(28-23)18-10-7-9-15-17-12-16-14-8-5-6-11-19(14)26-20(16)13-21(17)27-22(15)18;19-14-6-3-5-11-13-8-12-10-4-1-2-7-15(10)20-16(12)9-17(13)21-18(11)14;1-9(2)10(3,4)16-13(15-9)14-17-11(5,6)12(7,8)18-14;2-1-4-3;;;/h5-13H,1-4H3;1-9H;1-8H3;1,3H;;;/q;;;;2*+1;-1/p-1. The quantitative estimate of drug-likeness (QED) is 0.0796. The van der Waals surface area contributed by atoms with Crippen molar-refractivity contribution in [3.05, 3.63) is 114 Å². The summed E-state index contributed by atoms with van der Waals surface area (Å²) in [6, 6.07) is 36.3. The topological polar surface area (TPSA) is 157 Å². The number of fused-ring (bicyclic) bond motifs is 12. The number of carbonyl (C=O) groups excluding carboxylic acids is 1. The van der Waals surface area contributed by atoms with Crippen molar-refractivity contribution >= 4 is 132 Å². The molecule has 3 fully saturated rings. The number of hydrogen-bond donors (Lipinski definition) is 0. The fourth-order valence-electron chi connectivity index (χ4n) is 9.18. The first-order valence-corrected chi connectivity index (χ1v) is 24.3. The van der Waals surface area contributed by atoms with E-state index < -0.39 is 32.3 Å². The van der Waals surface area contributed by atoms with Gasteiger partial charge in [0.2, 0.25) is 0 Å². The van der Waals surface area contributed by atoms with Gasteiger partial charge < -0.3 is 57.2 Å². The predicted molar refractivity (Wildman–Crippen MR) is 283 cm³/mol. The summed E-state index contributed by atoms with van der Waals surface area (Å²) >= 11 is 6.21. The molecule has 0 bridgehead atoms. The minimum Gasteiger partial charge on any atom is -1.00 e. The van der Waals surface area contributed by atoms with E-state index in [2.05, 4.69) is 62.9 Å². The Morgan fingerprint density at radius 1 is 0.432 bits per heavy atom. The van der Waals surface area contributed by atoms with E-state index in [0.717, 1.165) is 93.2 Å². The minimum absolute atomic E-state index is 0. The summed E-state index contributed by atoms with van der Waals surface area (Å²) in [4.78, 5) is 11.2. The molecule has 372 valence electrons. The number of hydrogen-bond acceptors (Lipinski definition) is 13. The van der Waals surface area contributed by atoms with Crippen LogP contribution in [0.1, 0.15) is 84.5 Å². The maximum atomic E-state index is 8.64. The summed E-state index contributed by atoms with van der Waals surface area (Å²) in [6.07, 6.45) is 0. The SMILES string of the molecule is CC1(C)OB(B2OC(C)(C)C(C)(C)O2)OC1(C)C.CC1(C)OB(c2cccc3c2oc2cc4oc5ccccc5c4cc23)OC1(C)C.Clc1cccc2c1oc1cc3oc4ccccc4c3cc12.O=CO[O-].[H-].[K+].[K+]. The summed E-state index contributed by atoms with van der Waals surface area (Å²) in [5.74, 6) is 0. The van der Waals surface area contributed by atoms with Gasteiger partial charge in [-0.15, -0.1) is 0 Å². The molecule has 0 aliphatic carbocycles. The van der Waals surface area contributed by atoms with E-state index in [9.17, 15) is 0 Å². The zero-order chi connectivity index (χ0) is 51.3. The molecule has 3 saturated heterocycles. The number of furan rings is 4. The van der Waals surface area contributed by atoms with Gasteiger partial charge in [-0.25, -0.2) is 0 Å². The van der Waals surface area contributed by atoms with Crippen molar-refractivity contribution in [3.63, 3.8) is 0 Å². The van der Waals surface area contributed by atoms with Crippen LogP contribution in [-0.2, 0) is 37.6 Å². The van der Waals surface area contributed by atoms with Gasteiger partial charge >= 0.3 is 124 Å². The maximum Gasteiger partial charge on any atom is 1.00 e. The first kappa shape index (κ1) is 57.6. The van der Waals surface area contributed by atoms with Gasteiger partial charge in [-0.05, 0) is 113 Å². The molecule has 0 N–H and O–H groups in total. The Labute approximate surface area is 521 Å². The van der Waals surface area contributed by atoms with Crippen LogP contribution >= 0.6 is 11.6 Å². The number of rotatable bonds is 3. The van der Waals surface area contributed by atoms with Crippen LogP contribution < -0.4 is 113 Å². The molecular formula is C55H56B3ClK2O13.